The van der Waals surface area contributed by atoms with Crippen molar-refractivity contribution in [2.45, 2.75) is 0 Å². The van der Waals surface area contributed by atoms with E-state index in [1.165, 1.54) is 26.2 Å². The summed E-state index contributed by atoms with van der Waals surface area (Å²) in [6, 6.07) is 11.6. The van der Waals surface area contributed by atoms with Gasteiger partial charge >= 0.3 is 10.2 Å². The van der Waals surface area contributed by atoms with Crippen molar-refractivity contribution in [3.8, 4) is 5.75 Å². The highest BCUT2D eigenvalue weighted by Crippen LogP contribution is 2.19. The van der Waals surface area contributed by atoms with Gasteiger partial charge in [0, 0.05) is 19.1 Å². The molecule has 2 rings (SSSR count). The Labute approximate surface area is 168 Å². The van der Waals surface area contributed by atoms with Crippen LogP contribution in [0.3, 0.4) is 0 Å². The van der Waals surface area contributed by atoms with Crippen molar-refractivity contribution in [1.82, 2.24) is 9.62 Å². The second-order valence-electron chi connectivity index (χ2n) is 5.93. The van der Waals surface area contributed by atoms with Crippen LogP contribution in [0.15, 0.2) is 48.5 Å². The van der Waals surface area contributed by atoms with Crippen molar-refractivity contribution >= 4 is 33.4 Å². The summed E-state index contributed by atoms with van der Waals surface area (Å²) in [5.41, 5.74) is 0.183. The number of rotatable bonds is 9. The average molecular weight is 430 g/mol. The van der Waals surface area contributed by atoms with Crippen LogP contribution in [0, 0.1) is 5.82 Å². The predicted molar refractivity (Wildman–Crippen MR) is 106 cm³/mol. The minimum absolute atomic E-state index is 0.181. The average Bonchev–Trinajstić information content (AvgIpc) is 2.65. The largest absolute Gasteiger partial charge is 0.492 e. The summed E-state index contributed by atoms with van der Waals surface area (Å²) in [6.07, 6.45) is 0. The SMILES string of the molecule is CN(C)S(=O)(=O)N(CC(=O)NCCOc1ccc(Cl)cc1)c1ccc(F)cc1. The molecule has 0 saturated heterocycles. The van der Waals surface area contributed by atoms with Crippen LogP contribution in [0.2, 0.25) is 5.02 Å². The molecule has 7 nitrogen and oxygen atoms in total. The van der Waals surface area contributed by atoms with Crippen molar-refractivity contribution in [2.75, 3.05) is 38.1 Å². The Balaban J connectivity index is 1.96. The molecule has 10 heteroatoms. The van der Waals surface area contributed by atoms with Gasteiger partial charge in [-0.3, -0.25) is 4.79 Å². The molecule has 0 aliphatic heterocycles. The van der Waals surface area contributed by atoms with Gasteiger partial charge in [0.1, 0.15) is 24.7 Å². The van der Waals surface area contributed by atoms with Crippen LogP contribution in [-0.4, -0.2) is 52.4 Å². The highest BCUT2D eigenvalue weighted by Gasteiger charge is 2.27. The smallest absolute Gasteiger partial charge is 0.304 e. The highest BCUT2D eigenvalue weighted by molar-refractivity contribution is 7.90. The van der Waals surface area contributed by atoms with Crippen LogP contribution in [0.5, 0.6) is 5.75 Å². The summed E-state index contributed by atoms with van der Waals surface area (Å²) in [6.45, 7) is -0.0713. The summed E-state index contributed by atoms with van der Waals surface area (Å²) in [4.78, 5) is 12.2. The molecular formula is C18H21ClFN3O4S. The van der Waals surface area contributed by atoms with Gasteiger partial charge in [-0.15, -0.1) is 0 Å². The van der Waals surface area contributed by atoms with Gasteiger partial charge in [-0.1, -0.05) is 11.6 Å². The zero-order valence-electron chi connectivity index (χ0n) is 15.4. The fraction of sp³-hybridized carbons (Fsp3) is 0.278. The number of hydrogen-bond donors (Lipinski definition) is 1. The van der Waals surface area contributed by atoms with Gasteiger partial charge in [-0.25, -0.2) is 8.70 Å². The number of amides is 1. The van der Waals surface area contributed by atoms with Gasteiger partial charge in [0.05, 0.1) is 12.2 Å². The van der Waals surface area contributed by atoms with E-state index in [4.69, 9.17) is 16.3 Å². The van der Waals surface area contributed by atoms with Gasteiger partial charge in [0.2, 0.25) is 5.91 Å². The number of hydrogen-bond acceptors (Lipinski definition) is 4. The molecular weight excluding hydrogens is 409 g/mol. The van der Waals surface area contributed by atoms with Gasteiger partial charge in [-0.2, -0.15) is 12.7 Å². The molecule has 2 aromatic rings. The minimum Gasteiger partial charge on any atom is -0.492 e. The van der Waals surface area contributed by atoms with E-state index in [2.05, 4.69) is 5.32 Å². The maximum Gasteiger partial charge on any atom is 0.304 e. The molecule has 0 unspecified atom stereocenters. The van der Waals surface area contributed by atoms with Crippen LogP contribution in [0.4, 0.5) is 10.1 Å². The number of benzene rings is 2. The third-order valence-electron chi connectivity index (χ3n) is 3.65. The van der Waals surface area contributed by atoms with E-state index in [0.29, 0.717) is 10.8 Å². The Morgan fingerprint density at radius 2 is 1.71 bits per heavy atom. The van der Waals surface area contributed by atoms with Gasteiger partial charge in [0.15, 0.2) is 0 Å². The lowest BCUT2D eigenvalue weighted by Gasteiger charge is -2.26. The zero-order valence-corrected chi connectivity index (χ0v) is 17.0. The topological polar surface area (TPSA) is 79.0 Å². The van der Waals surface area contributed by atoms with Crippen molar-refractivity contribution < 1.29 is 22.3 Å². The lowest BCUT2D eigenvalue weighted by Crippen LogP contribution is -2.46. The maximum atomic E-state index is 13.2. The first-order valence-corrected chi connectivity index (χ1v) is 10.1. The molecule has 152 valence electrons. The Morgan fingerprint density at radius 1 is 1.11 bits per heavy atom. The Bertz CT molecular complexity index is 890. The second-order valence-corrected chi connectivity index (χ2v) is 8.43. The molecule has 0 radical (unpaired) electrons. The third kappa shape index (κ3) is 6.08. The van der Waals surface area contributed by atoms with E-state index in [1.54, 1.807) is 24.3 Å². The molecule has 1 amide bonds. The number of anilines is 1. The highest BCUT2D eigenvalue weighted by atomic mass is 35.5. The molecule has 0 heterocycles. The van der Waals surface area contributed by atoms with Gasteiger partial charge in [-0.05, 0) is 48.5 Å². The lowest BCUT2D eigenvalue weighted by molar-refractivity contribution is -0.119. The van der Waals surface area contributed by atoms with Gasteiger partial charge in [0.25, 0.3) is 0 Å². The lowest BCUT2D eigenvalue weighted by atomic mass is 10.3. The van der Waals surface area contributed by atoms with E-state index >= 15 is 0 Å². The van der Waals surface area contributed by atoms with E-state index in [-0.39, 0.29) is 18.8 Å². The molecule has 0 spiro atoms. The Hall–Kier alpha value is -2.36. The number of nitrogens with zero attached hydrogens (tertiary/aromatic N) is 2. The molecule has 0 aliphatic carbocycles. The predicted octanol–water partition coefficient (Wildman–Crippen LogP) is 2.29. The minimum atomic E-state index is -3.94. The molecule has 0 bridgehead atoms. The quantitative estimate of drug-likeness (QED) is 0.620. The Morgan fingerprint density at radius 3 is 2.29 bits per heavy atom. The van der Waals surface area contributed by atoms with E-state index in [1.807, 2.05) is 0 Å². The first-order valence-electron chi connectivity index (χ1n) is 8.31. The van der Waals surface area contributed by atoms with E-state index in [0.717, 1.165) is 20.7 Å². The van der Waals surface area contributed by atoms with Crippen LogP contribution in [-0.2, 0) is 15.0 Å². The van der Waals surface area contributed by atoms with Crippen LogP contribution >= 0.6 is 11.6 Å². The van der Waals surface area contributed by atoms with Crippen molar-refractivity contribution in [2.24, 2.45) is 0 Å². The number of halogens is 2. The molecule has 0 atom stereocenters. The monoisotopic (exact) mass is 429 g/mol. The summed E-state index contributed by atoms with van der Waals surface area (Å²) in [5, 5.41) is 3.18. The first kappa shape index (κ1) is 21.9. The van der Waals surface area contributed by atoms with Crippen molar-refractivity contribution in [3.63, 3.8) is 0 Å². The van der Waals surface area contributed by atoms with Crippen molar-refractivity contribution in [1.29, 1.82) is 0 Å². The van der Waals surface area contributed by atoms with Crippen molar-refractivity contribution in [3.05, 3.63) is 59.4 Å². The molecule has 0 fully saturated rings. The normalized spacial score (nSPS) is 11.3. The van der Waals surface area contributed by atoms with Crippen LogP contribution in [0.25, 0.3) is 0 Å². The van der Waals surface area contributed by atoms with Gasteiger partial charge < -0.3 is 10.1 Å². The first-order chi connectivity index (χ1) is 13.2. The summed E-state index contributed by atoms with van der Waals surface area (Å²) in [5.74, 6) is -0.425. The summed E-state index contributed by atoms with van der Waals surface area (Å²) < 4.78 is 45.6. The standard InChI is InChI=1S/C18H21ClFN3O4S/c1-22(2)28(25,26)23(16-7-5-15(20)6-8-16)13-18(24)21-11-12-27-17-9-3-14(19)4-10-17/h3-10H,11-13H2,1-2H3,(H,21,24). The molecule has 2 aromatic carbocycles. The van der Waals surface area contributed by atoms with E-state index in [9.17, 15) is 17.6 Å². The molecule has 0 aliphatic rings. The maximum absolute atomic E-state index is 13.2. The molecule has 28 heavy (non-hydrogen) atoms. The number of carbonyl (C=O) groups excluding carboxylic acids is 1. The summed E-state index contributed by atoms with van der Waals surface area (Å²) in [7, 11) is -1.24. The third-order valence-corrected chi connectivity index (χ3v) is 5.72. The van der Waals surface area contributed by atoms with Crippen LogP contribution in [0.1, 0.15) is 0 Å². The molecule has 0 aromatic heterocycles. The second kappa shape index (κ2) is 9.72. The zero-order chi connectivity index (χ0) is 20.7. The Kier molecular flexibility index (Phi) is 7.61. The number of carbonyl (C=O) groups is 1. The molecule has 0 saturated carbocycles. The summed E-state index contributed by atoms with van der Waals surface area (Å²) >= 11 is 5.79. The fourth-order valence-electron chi connectivity index (χ4n) is 2.19. The van der Waals surface area contributed by atoms with Crippen LogP contribution < -0.4 is 14.4 Å². The number of ether oxygens (including phenoxy) is 1. The number of nitrogens with one attached hydrogen (secondary N) is 1. The van der Waals surface area contributed by atoms with E-state index < -0.39 is 28.5 Å². The fourth-order valence-corrected chi connectivity index (χ4v) is 3.38. The molecule has 1 N–H and O–H groups in total.